The molecule has 0 atom stereocenters. The molecule has 6 heteroatoms. The summed E-state index contributed by atoms with van der Waals surface area (Å²) in [7, 11) is 0. The first kappa shape index (κ1) is 10.6. The van der Waals surface area contributed by atoms with Gasteiger partial charge in [0.2, 0.25) is 0 Å². The molecule has 0 aliphatic rings. The summed E-state index contributed by atoms with van der Waals surface area (Å²) in [5.74, 6) is 0. The maximum Gasteiger partial charge on any atom is 0.322 e. The molecule has 0 rings (SSSR count). The highest BCUT2D eigenvalue weighted by Crippen LogP contribution is 2.35. The second-order valence-corrected chi connectivity index (χ2v) is 4.90. The summed E-state index contributed by atoms with van der Waals surface area (Å²) in [5.41, 5.74) is 0. The van der Waals surface area contributed by atoms with Crippen molar-refractivity contribution in [1.82, 2.24) is 0 Å². The van der Waals surface area contributed by atoms with E-state index in [-0.39, 0.29) is 6.61 Å². The second kappa shape index (κ2) is 4.49. The Balaban J connectivity index is 3.56. The molecule has 0 radical (unpaired) electrons. The van der Waals surface area contributed by atoms with Gasteiger partial charge in [-0.2, -0.15) is 0 Å². The lowest BCUT2D eigenvalue weighted by Gasteiger charge is -2.07. The zero-order valence-corrected chi connectivity index (χ0v) is 8.01. The zero-order chi connectivity index (χ0) is 8.20. The van der Waals surface area contributed by atoms with Crippen LogP contribution in [-0.2, 0) is 16.3 Å². The Morgan fingerprint density at radius 2 is 2.10 bits per heavy atom. The number of thiocarbonyl (C=S) groups is 1. The molecule has 60 valence electrons. The molecule has 0 spiro atoms. The van der Waals surface area contributed by atoms with Crippen molar-refractivity contribution in [3.05, 3.63) is 0 Å². The summed E-state index contributed by atoms with van der Waals surface area (Å²) in [6.45, 7) is -1.56. The van der Waals surface area contributed by atoms with Crippen molar-refractivity contribution < 1.29 is 14.3 Å². The Bertz CT molecular complexity index is 164. The molecular weight excluding hydrogens is 191 g/mol. The van der Waals surface area contributed by atoms with E-state index in [2.05, 4.69) is 16.3 Å². The molecule has 0 aromatic carbocycles. The van der Waals surface area contributed by atoms with E-state index in [1.54, 1.807) is 0 Å². The van der Waals surface area contributed by atoms with E-state index < -0.39 is 6.72 Å². The number of rotatable bonds is 4. The smallest absolute Gasteiger partial charge is 0.322 e. The first-order chi connectivity index (χ1) is 4.45. The van der Waals surface area contributed by atoms with E-state index in [0.29, 0.717) is 11.3 Å². The van der Waals surface area contributed by atoms with E-state index in [4.69, 9.17) is 22.0 Å². The van der Waals surface area contributed by atoms with Crippen LogP contribution in [0.2, 0.25) is 0 Å². The summed E-state index contributed by atoms with van der Waals surface area (Å²) in [6, 6.07) is 0. The average Bonchev–Trinajstić information content (AvgIpc) is 1.81. The lowest BCUT2D eigenvalue weighted by molar-refractivity contribution is 0.286. The van der Waals surface area contributed by atoms with Gasteiger partial charge in [-0.05, 0) is 18.2 Å². The van der Waals surface area contributed by atoms with Gasteiger partial charge < -0.3 is 14.3 Å². The summed E-state index contributed by atoms with van der Waals surface area (Å²) < 4.78 is 4.48. The first-order valence-corrected chi connectivity index (χ1v) is 5.71. The van der Waals surface area contributed by atoms with Crippen molar-refractivity contribution in [2.24, 2.45) is 0 Å². The Morgan fingerprint density at radius 3 is 2.40 bits per heavy atom. The SMILES string of the molecule is CCC(=S)COP(O)(O)=S. The fraction of sp³-hybridized carbons (Fsp3) is 0.750. The molecule has 0 heterocycles. The summed E-state index contributed by atoms with van der Waals surface area (Å²) in [6.07, 6.45) is 0.685. The predicted molar refractivity (Wildman–Crippen MR) is 47.6 cm³/mol. The van der Waals surface area contributed by atoms with Crippen molar-refractivity contribution >= 4 is 35.6 Å². The van der Waals surface area contributed by atoms with Crippen molar-refractivity contribution in [1.29, 1.82) is 0 Å². The Kier molecular flexibility index (Phi) is 4.77. The summed E-state index contributed by atoms with van der Waals surface area (Å²) >= 11 is 8.94. The lowest BCUT2D eigenvalue weighted by atomic mass is 10.4. The normalized spacial score (nSPS) is 11.5. The fourth-order valence-electron chi connectivity index (χ4n) is 0.258. The van der Waals surface area contributed by atoms with Gasteiger partial charge in [0.25, 0.3) is 0 Å². The third-order valence-corrected chi connectivity index (χ3v) is 1.98. The van der Waals surface area contributed by atoms with Gasteiger partial charge in [0.1, 0.15) is 0 Å². The van der Waals surface area contributed by atoms with Gasteiger partial charge in [0, 0.05) is 4.86 Å². The Hall–Kier alpha value is 0.620. The molecule has 0 fully saturated rings. The first-order valence-electron chi connectivity index (χ1n) is 2.67. The molecule has 0 aliphatic heterocycles. The maximum atomic E-state index is 8.56. The highest BCUT2D eigenvalue weighted by molar-refractivity contribution is 8.06. The van der Waals surface area contributed by atoms with E-state index in [9.17, 15) is 0 Å². The van der Waals surface area contributed by atoms with Crippen LogP contribution >= 0.6 is 18.9 Å². The van der Waals surface area contributed by atoms with Crippen LogP contribution in [0.25, 0.3) is 0 Å². The largest absolute Gasteiger partial charge is 0.325 e. The van der Waals surface area contributed by atoms with Gasteiger partial charge in [-0.25, -0.2) is 0 Å². The quantitative estimate of drug-likeness (QED) is 0.523. The van der Waals surface area contributed by atoms with Crippen LogP contribution in [0.15, 0.2) is 0 Å². The zero-order valence-electron chi connectivity index (χ0n) is 5.48. The molecule has 0 saturated heterocycles. The third-order valence-electron chi connectivity index (χ3n) is 0.788. The van der Waals surface area contributed by atoms with E-state index in [0.717, 1.165) is 0 Å². The highest BCUT2D eigenvalue weighted by Gasteiger charge is 2.07. The maximum absolute atomic E-state index is 8.56. The summed E-state index contributed by atoms with van der Waals surface area (Å²) in [4.78, 5) is 17.8. The molecule has 0 saturated carbocycles. The van der Waals surface area contributed by atoms with Crippen molar-refractivity contribution in [2.75, 3.05) is 6.61 Å². The van der Waals surface area contributed by atoms with Gasteiger partial charge in [-0.1, -0.05) is 19.1 Å². The van der Waals surface area contributed by atoms with Crippen molar-refractivity contribution in [3.8, 4) is 0 Å². The highest BCUT2D eigenvalue weighted by atomic mass is 32.5. The van der Waals surface area contributed by atoms with Crippen molar-refractivity contribution in [3.63, 3.8) is 0 Å². The van der Waals surface area contributed by atoms with Crippen LogP contribution in [0.4, 0.5) is 0 Å². The minimum Gasteiger partial charge on any atom is -0.325 e. The van der Waals surface area contributed by atoms with E-state index >= 15 is 0 Å². The molecule has 10 heavy (non-hydrogen) atoms. The van der Waals surface area contributed by atoms with Gasteiger partial charge in [0.15, 0.2) is 0 Å². The van der Waals surface area contributed by atoms with Crippen LogP contribution in [0.1, 0.15) is 13.3 Å². The molecule has 0 bridgehead atoms. The van der Waals surface area contributed by atoms with E-state index in [1.165, 1.54) is 0 Å². The summed E-state index contributed by atoms with van der Waals surface area (Å²) in [5, 5.41) is 0. The van der Waals surface area contributed by atoms with Crippen LogP contribution in [0.3, 0.4) is 0 Å². The molecular formula is C4H9O3PS2. The second-order valence-electron chi connectivity index (χ2n) is 1.66. The van der Waals surface area contributed by atoms with Gasteiger partial charge in [-0.15, -0.1) is 0 Å². The van der Waals surface area contributed by atoms with Gasteiger partial charge in [-0.3, -0.25) is 0 Å². The molecule has 0 amide bonds. The fourth-order valence-corrected chi connectivity index (χ4v) is 0.887. The van der Waals surface area contributed by atoms with Crippen LogP contribution in [0, 0.1) is 0 Å². The topological polar surface area (TPSA) is 49.7 Å². The predicted octanol–water partition coefficient (Wildman–Crippen LogP) is 0.992. The standard InChI is InChI=1S/C4H9O3PS2/c1-2-4(9)3-7-8(5,6)10/h2-3H2,1H3,(H2,5,6,10). The Labute approximate surface area is 70.3 Å². The lowest BCUT2D eigenvalue weighted by Crippen LogP contribution is -2.02. The minimum atomic E-state index is -3.49. The minimum absolute atomic E-state index is 0.0656. The van der Waals surface area contributed by atoms with Gasteiger partial charge >= 0.3 is 6.72 Å². The van der Waals surface area contributed by atoms with Gasteiger partial charge in [0.05, 0.1) is 6.61 Å². The third kappa shape index (κ3) is 6.74. The molecule has 0 aromatic heterocycles. The molecule has 0 unspecified atom stereocenters. The number of hydrogen-bond acceptors (Lipinski definition) is 3. The van der Waals surface area contributed by atoms with Crippen LogP contribution in [-0.4, -0.2) is 21.3 Å². The van der Waals surface area contributed by atoms with Crippen LogP contribution in [0.5, 0.6) is 0 Å². The monoisotopic (exact) mass is 200 g/mol. The molecule has 0 aromatic rings. The van der Waals surface area contributed by atoms with Crippen LogP contribution < -0.4 is 0 Å². The molecule has 0 aliphatic carbocycles. The van der Waals surface area contributed by atoms with E-state index in [1.807, 2.05) is 6.92 Å². The molecule has 3 nitrogen and oxygen atoms in total. The number of hydrogen-bond donors (Lipinski definition) is 2. The molecule has 2 N–H and O–H groups in total. The average molecular weight is 200 g/mol. The Morgan fingerprint density at radius 1 is 1.60 bits per heavy atom. The van der Waals surface area contributed by atoms with Crippen molar-refractivity contribution in [2.45, 2.75) is 13.3 Å².